The smallest absolute Gasteiger partial charge is 0.371 e. The van der Waals surface area contributed by atoms with Crippen LogP contribution in [0.2, 0.25) is 0 Å². The minimum atomic E-state index is -1.09. The minimum Gasteiger partial charge on any atom is -0.489 e. The van der Waals surface area contributed by atoms with Crippen LogP contribution in [-0.2, 0) is 16.1 Å². The number of aliphatic carboxylic acids is 1. The van der Waals surface area contributed by atoms with Crippen LogP contribution in [0.5, 0.6) is 5.75 Å². The van der Waals surface area contributed by atoms with Crippen LogP contribution in [0.4, 0.5) is 0 Å². The third kappa shape index (κ3) is 4.66. The first-order chi connectivity index (χ1) is 10.7. The molecule has 4 nitrogen and oxygen atoms in total. The van der Waals surface area contributed by atoms with Gasteiger partial charge in [-0.25, -0.2) is 4.79 Å². The van der Waals surface area contributed by atoms with Gasteiger partial charge in [0, 0.05) is 0 Å². The predicted molar refractivity (Wildman–Crippen MR) is 84.5 cm³/mol. The first kappa shape index (κ1) is 15.6. The summed E-state index contributed by atoms with van der Waals surface area (Å²) in [4.78, 5) is 11.1. The standard InChI is InChI=1S/C18H18O4/c1-2-21-17(18(19)20)12-15-9-6-10-16(11-15)22-13-14-7-4-3-5-8-14/h3-12H,2,13H2,1H3,(H,19,20)/b17-12+. The third-order valence-corrected chi connectivity index (χ3v) is 2.91. The van der Waals surface area contributed by atoms with E-state index in [0.29, 0.717) is 19.0 Å². The largest absolute Gasteiger partial charge is 0.489 e. The lowest BCUT2D eigenvalue weighted by atomic mass is 10.2. The molecule has 4 heteroatoms. The number of carbonyl (C=O) groups is 1. The maximum atomic E-state index is 11.1. The zero-order valence-corrected chi connectivity index (χ0v) is 12.4. The quantitative estimate of drug-likeness (QED) is 0.625. The van der Waals surface area contributed by atoms with E-state index in [1.165, 1.54) is 6.08 Å². The normalized spacial score (nSPS) is 11.0. The summed E-state index contributed by atoms with van der Waals surface area (Å²) >= 11 is 0. The molecule has 0 amide bonds. The van der Waals surface area contributed by atoms with Gasteiger partial charge in [-0.1, -0.05) is 42.5 Å². The Morgan fingerprint density at radius 3 is 2.59 bits per heavy atom. The van der Waals surface area contributed by atoms with E-state index in [-0.39, 0.29) is 5.76 Å². The van der Waals surface area contributed by atoms with Crippen LogP contribution in [0.15, 0.2) is 60.4 Å². The molecule has 22 heavy (non-hydrogen) atoms. The molecule has 2 aromatic carbocycles. The van der Waals surface area contributed by atoms with Gasteiger partial charge in [0.05, 0.1) is 6.61 Å². The average Bonchev–Trinajstić information content (AvgIpc) is 2.54. The highest BCUT2D eigenvalue weighted by atomic mass is 16.5. The fourth-order valence-corrected chi connectivity index (χ4v) is 1.91. The van der Waals surface area contributed by atoms with Gasteiger partial charge in [0.1, 0.15) is 12.4 Å². The third-order valence-electron chi connectivity index (χ3n) is 2.91. The fourth-order valence-electron chi connectivity index (χ4n) is 1.91. The molecule has 0 bridgehead atoms. The van der Waals surface area contributed by atoms with E-state index in [4.69, 9.17) is 14.6 Å². The Kier molecular flexibility index (Phi) is 5.60. The van der Waals surface area contributed by atoms with Gasteiger partial charge < -0.3 is 14.6 Å². The molecule has 0 aromatic heterocycles. The molecule has 0 spiro atoms. The van der Waals surface area contributed by atoms with E-state index in [1.807, 2.05) is 42.5 Å². The van der Waals surface area contributed by atoms with Crippen LogP contribution < -0.4 is 4.74 Å². The monoisotopic (exact) mass is 298 g/mol. The maximum Gasteiger partial charge on any atom is 0.371 e. The van der Waals surface area contributed by atoms with Gasteiger partial charge in [0.15, 0.2) is 0 Å². The summed E-state index contributed by atoms with van der Waals surface area (Å²) in [6, 6.07) is 17.1. The number of carboxylic acid groups (broad SMARTS) is 1. The van der Waals surface area contributed by atoms with Crippen molar-refractivity contribution in [1.29, 1.82) is 0 Å². The van der Waals surface area contributed by atoms with Crippen molar-refractivity contribution in [2.75, 3.05) is 6.61 Å². The van der Waals surface area contributed by atoms with Gasteiger partial charge in [0.25, 0.3) is 0 Å². The minimum absolute atomic E-state index is 0.0808. The van der Waals surface area contributed by atoms with Crippen molar-refractivity contribution >= 4 is 12.0 Å². The number of benzene rings is 2. The van der Waals surface area contributed by atoms with E-state index >= 15 is 0 Å². The Balaban J connectivity index is 2.09. The van der Waals surface area contributed by atoms with Crippen LogP contribution in [0, 0.1) is 0 Å². The summed E-state index contributed by atoms with van der Waals surface area (Å²) in [6.07, 6.45) is 1.49. The summed E-state index contributed by atoms with van der Waals surface area (Å²) in [7, 11) is 0. The first-order valence-corrected chi connectivity index (χ1v) is 7.03. The Morgan fingerprint density at radius 2 is 1.91 bits per heavy atom. The van der Waals surface area contributed by atoms with Crippen molar-refractivity contribution in [3.05, 3.63) is 71.5 Å². The van der Waals surface area contributed by atoms with Crippen molar-refractivity contribution in [3.8, 4) is 5.75 Å². The lowest BCUT2D eigenvalue weighted by molar-refractivity contribution is -0.136. The maximum absolute atomic E-state index is 11.1. The molecule has 0 unspecified atom stereocenters. The lowest BCUT2D eigenvalue weighted by Gasteiger charge is -2.08. The molecule has 2 rings (SSSR count). The molecule has 2 aromatic rings. The van der Waals surface area contributed by atoms with Crippen LogP contribution in [0.3, 0.4) is 0 Å². The van der Waals surface area contributed by atoms with Gasteiger partial charge in [-0.3, -0.25) is 0 Å². The van der Waals surface area contributed by atoms with Crippen molar-refractivity contribution in [1.82, 2.24) is 0 Å². The highest BCUT2D eigenvalue weighted by Crippen LogP contribution is 2.18. The summed E-state index contributed by atoms with van der Waals surface area (Å²) in [5.41, 5.74) is 1.79. The number of hydrogen-bond acceptors (Lipinski definition) is 3. The summed E-state index contributed by atoms with van der Waals surface area (Å²) < 4.78 is 10.8. The van der Waals surface area contributed by atoms with Crippen LogP contribution in [0.25, 0.3) is 6.08 Å². The van der Waals surface area contributed by atoms with Gasteiger partial charge in [-0.15, -0.1) is 0 Å². The number of ether oxygens (including phenoxy) is 2. The van der Waals surface area contributed by atoms with Crippen LogP contribution >= 0.6 is 0 Å². The molecule has 114 valence electrons. The predicted octanol–water partition coefficient (Wildman–Crippen LogP) is 3.73. The first-order valence-electron chi connectivity index (χ1n) is 7.03. The SMILES string of the molecule is CCO/C(=C/c1cccc(OCc2ccccc2)c1)C(=O)O. The fraction of sp³-hybridized carbons (Fsp3) is 0.167. The molecule has 0 heterocycles. The molecule has 0 aliphatic carbocycles. The van der Waals surface area contributed by atoms with E-state index in [1.54, 1.807) is 19.1 Å². The molecular weight excluding hydrogens is 280 g/mol. The lowest BCUT2D eigenvalue weighted by Crippen LogP contribution is -2.04. The highest BCUT2D eigenvalue weighted by molar-refractivity contribution is 5.89. The highest BCUT2D eigenvalue weighted by Gasteiger charge is 2.08. The van der Waals surface area contributed by atoms with Crippen molar-refractivity contribution in [3.63, 3.8) is 0 Å². The second-order valence-corrected chi connectivity index (χ2v) is 4.59. The zero-order chi connectivity index (χ0) is 15.8. The molecule has 0 saturated carbocycles. The summed E-state index contributed by atoms with van der Waals surface area (Å²) in [5.74, 6) is -0.487. The van der Waals surface area contributed by atoms with E-state index in [0.717, 1.165) is 11.1 Å². The molecule has 0 aliphatic heterocycles. The summed E-state index contributed by atoms with van der Waals surface area (Å²) in [6.45, 7) is 2.52. The number of rotatable bonds is 7. The molecule has 0 saturated heterocycles. The molecule has 1 N–H and O–H groups in total. The number of carboxylic acids is 1. The van der Waals surface area contributed by atoms with E-state index in [9.17, 15) is 4.79 Å². The van der Waals surface area contributed by atoms with Crippen molar-refractivity contribution in [2.45, 2.75) is 13.5 Å². The molecule has 0 radical (unpaired) electrons. The van der Waals surface area contributed by atoms with E-state index in [2.05, 4.69) is 0 Å². The van der Waals surface area contributed by atoms with Crippen molar-refractivity contribution < 1.29 is 19.4 Å². The Labute approximate surface area is 129 Å². The molecule has 0 fully saturated rings. The topological polar surface area (TPSA) is 55.8 Å². The Morgan fingerprint density at radius 1 is 1.14 bits per heavy atom. The van der Waals surface area contributed by atoms with E-state index < -0.39 is 5.97 Å². The van der Waals surface area contributed by atoms with Gasteiger partial charge >= 0.3 is 5.97 Å². The summed E-state index contributed by atoms with van der Waals surface area (Å²) in [5, 5.41) is 9.06. The van der Waals surface area contributed by atoms with Crippen LogP contribution in [-0.4, -0.2) is 17.7 Å². The number of hydrogen-bond donors (Lipinski definition) is 1. The van der Waals surface area contributed by atoms with Crippen molar-refractivity contribution in [2.24, 2.45) is 0 Å². The van der Waals surface area contributed by atoms with Gasteiger partial charge in [-0.2, -0.15) is 0 Å². The Hall–Kier alpha value is -2.75. The average molecular weight is 298 g/mol. The second kappa shape index (κ2) is 7.88. The van der Waals surface area contributed by atoms with Crippen LogP contribution in [0.1, 0.15) is 18.1 Å². The van der Waals surface area contributed by atoms with Gasteiger partial charge in [0.2, 0.25) is 5.76 Å². The Bertz CT molecular complexity index is 647. The molecular formula is C18H18O4. The second-order valence-electron chi connectivity index (χ2n) is 4.59. The molecule has 0 atom stereocenters. The van der Waals surface area contributed by atoms with Gasteiger partial charge in [-0.05, 0) is 36.3 Å². The molecule has 0 aliphatic rings. The zero-order valence-electron chi connectivity index (χ0n) is 12.4.